The van der Waals surface area contributed by atoms with Crippen LogP contribution in [-0.2, 0) is 18.9 Å². The fraction of sp³-hybridized carbons (Fsp3) is 0.833. The van der Waals surface area contributed by atoms with Crippen LogP contribution < -0.4 is 0 Å². The van der Waals surface area contributed by atoms with E-state index in [1.165, 1.54) is 0 Å². The summed E-state index contributed by atoms with van der Waals surface area (Å²) in [5.74, 6) is 0. The number of hydrogen-bond donors (Lipinski definition) is 0. The van der Waals surface area contributed by atoms with Gasteiger partial charge >= 0.3 is 12.6 Å². The Hall–Kier alpha value is -0.520. The lowest BCUT2D eigenvalue weighted by Crippen LogP contribution is -2.30. The largest absolute Gasteiger partial charge is 0.513 e. The maximum atomic E-state index is 10.6. The Bertz CT molecular complexity index is 145. The molecule has 70 valence electrons. The second-order valence-electron chi connectivity index (χ2n) is 2.01. The molecule has 0 aliphatic carbocycles. The van der Waals surface area contributed by atoms with Crippen molar-refractivity contribution >= 4 is 17.8 Å². The molecule has 0 aromatic heterocycles. The number of alkyl halides is 1. The molecule has 0 atom stereocenters. The Labute approximate surface area is 74.5 Å². The first-order chi connectivity index (χ1) is 5.83. The van der Waals surface area contributed by atoms with Gasteiger partial charge in [0.2, 0.25) is 0 Å². The third kappa shape index (κ3) is 3.25. The predicted molar refractivity (Wildman–Crippen MR) is 38.6 cm³/mol. The van der Waals surface area contributed by atoms with Gasteiger partial charge in [0.25, 0.3) is 0 Å². The molecule has 0 radical (unpaired) electrons. The number of rotatable bonds is 2. The summed E-state index contributed by atoms with van der Waals surface area (Å²) in [5, 5.41) is 0. The lowest BCUT2D eigenvalue weighted by Gasteiger charge is -2.21. The van der Waals surface area contributed by atoms with E-state index in [2.05, 4.69) is 9.47 Å². The molecule has 0 aromatic rings. The second kappa shape index (κ2) is 5.18. The normalized spacial score (nSPS) is 18.8. The number of hydrogen-bond acceptors (Lipinski definition) is 5. The van der Waals surface area contributed by atoms with Gasteiger partial charge in [-0.1, -0.05) is 11.6 Å². The third-order valence-corrected chi connectivity index (χ3v) is 1.27. The van der Waals surface area contributed by atoms with Gasteiger partial charge in [-0.25, -0.2) is 4.79 Å². The van der Waals surface area contributed by atoms with E-state index in [1.54, 1.807) is 0 Å². The van der Waals surface area contributed by atoms with Crippen LogP contribution in [0.1, 0.15) is 6.42 Å². The molecule has 6 heteroatoms. The quantitative estimate of drug-likeness (QED) is 0.488. The molecule has 0 unspecified atom stereocenters. The number of halogens is 1. The molecule has 1 saturated heterocycles. The smallest absolute Gasteiger partial charge is 0.418 e. The Morgan fingerprint density at radius 3 is 2.75 bits per heavy atom. The van der Waals surface area contributed by atoms with E-state index in [0.717, 1.165) is 6.42 Å². The van der Waals surface area contributed by atoms with E-state index < -0.39 is 12.6 Å². The first kappa shape index (κ1) is 9.57. The van der Waals surface area contributed by atoms with Gasteiger partial charge < -0.3 is 18.9 Å². The third-order valence-electron chi connectivity index (χ3n) is 1.16. The van der Waals surface area contributed by atoms with Crippen molar-refractivity contribution in [3.05, 3.63) is 0 Å². The minimum absolute atomic E-state index is 0.244. The van der Waals surface area contributed by atoms with Gasteiger partial charge in [-0.05, 0) is 6.42 Å². The summed E-state index contributed by atoms with van der Waals surface area (Å²) in [5.41, 5.74) is 0. The molecule has 0 N–H and O–H groups in total. The van der Waals surface area contributed by atoms with Crippen molar-refractivity contribution in [2.24, 2.45) is 0 Å². The minimum Gasteiger partial charge on any atom is -0.418 e. The molecule has 0 aromatic carbocycles. The van der Waals surface area contributed by atoms with E-state index in [-0.39, 0.29) is 6.07 Å². The Morgan fingerprint density at radius 2 is 2.17 bits per heavy atom. The van der Waals surface area contributed by atoms with Crippen LogP contribution >= 0.6 is 11.6 Å². The van der Waals surface area contributed by atoms with Crippen molar-refractivity contribution in [1.29, 1.82) is 0 Å². The Kier molecular flexibility index (Phi) is 4.13. The van der Waals surface area contributed by atoms with Crippen LogP contribution in [-0.4, -0.2) is 31.9 Å². The van der Waals surface area contributed by atoms with Gasteiger partial charge in [0, 0.05) is 0 Å². The van der Waals surface area contributed by atoms with E-state index in [1.807, 2.05) is 0 Å². The molecule has 12 heavy (non-hydrogen) atoms. The summed E-state index contributed by atoms with van der Waals surface area (Å²) in [6, 6.07) is -0.244. The summed E-state index contributed by atoms with van der Waals surface area (Å²) in [7, 11) is 0. The molecule has 1 fully saturated rings. The van der Waals surface area contributed by atoms with Crippen molar-refractivity contribution in [2.75, 3.05) is 19.3 Å². The van der Waals surface area contributed by atoms with Crippen LogP contribution in [0.2, 0.25) is 0 Å². The van der Waals surface area contributed by atoms with E-state index in [9.17, 15) is 4.79 Å². The zero-order valence-corrected chi connectivity index (χ0v) is 7.08. The van der Waals surface area contributed by atoms with Crippen molar-refractivity contribution in [3.8, 4) is 0 Å². The van der Waals surface area contributed by atoms with Gasteiger partial charge in [0.05, 0.1) is 13.2 Å². The first-order valence-electron chi connectivity index (χ1n) is 3.45. The Morgan fingerprint density at radius 1 is 1.50 bits per heavy atom. The van der Waals surface area contributed by atoms with Crippen LogP contribution in [0.15, 0.2) is 0 Å². The maximum Gasteiger partial charge on any atom is 0.513 e. The second-order valence-corrected chi connectivity index (χ2v) is 2.22. The molecule has 0 amide bonds. The van der Waals surface area contributed by atoms with E-state index >= 15 is 0 Å². The van der Waals surface area contributed by atoms with E-state index in [0.29, 0.717) is 13.2 Å². The molecular formula is C6H9ClO5. The van der Waals surface area contributed by atoms with Gasteiger partial charge in [0.1, 0.15) is 0 Å². The lowest BCUT2D eigenvalue weighted by molar-refractivity contribution is -0.290. The lowest BCUT2D eigenvalue weighted by atomic mass is 10.5. The SMILES string of the molecule is O=C(OCCl)OC1OCCCO1. The van der Waals surface area contributed by atoms with Gasteiger partial charge in [-0.3, -0.25) is 0 Å². The number of ether oxygens (including phenoxy) is 4. The highest BCUT2D eigenvalue weighted by Crippen LogP contribution is 2.06. The average molecular weight is 197 g/mol. The average Bonchev–Trinajstić information content (AvgIpc) is 2.06. The van der Waals surface area contributed by atoms with Gasteiger partial charge in [-0.2, -0.15) is 0 Å². The fourth-order valence-corrected chi connectivity index (χ4v) is 0.780. The minimum atomic E-state index is -0.950. The standard InChI is InChI=1S/C6H9ClO5/c7-4-11-5(8)12-6-9-2-1-3-10-6/h6H,1-4H2. The van der Waals surface area contributed by atoms with Crippen LogP contribution in [0.3, 0.4) is 0 Å². The highest BCUT2D eigenvalue weighted by Gasteiger charge is 2.19. The molecule has 1 rings (SSSR count). The number of carbonyl (C=O) groups excluding carboxylic acids is 1. The van der Waals surface area contributed by atoms with Gasteiger partial charge in [0.15, 0.2) is 6.07 Å². The first-order valence-corrected chi connectivity index (χ1v) is 3.99. The molecule has 1 aliphatic rings. The molecule has 0 saturated carbocycles. The van der Waals surface area contributed by atoms with Crippen molar-refractivity contribution in [2.45, 2.75) is 12.9 Å². The monoisotopic (exact) mass is 196 g/mol. The summed E-state index contributed by atoms with van der Waals surface area (Å²) in [6.45, 7) is 0.0759. The van der Waals surface area contributed by atoms with Crippen LogP contribution in [0.4, 0.5) is 4.79 Å². The van der Waals surface area contributed by atoms with Crippen molar-refractivity contribution in [3.63, 3.8) is 0 Å². The van der Waals surface area contributed by atoms with Crippen LogP contribution in [0, 0.1) is 0 Å². The van der Waals surface area contributed by atoms with Crippen molar-refractivity contribution < 1.29 is 23.7 Å². The highest BCUT2D eigenvalue weighted by molar-refractivity contribution is 6.17. The molecular weight excluding hydrogens is 188 g/mol. The van der Waals surface area contributed by atoms with Crippen LogP contribution in [0.25, 0.3) is 0 Å². The Balaban J connectivity index is 2.15. The van der Waals surface area contributed by atoms with E-state index in [4.69, 9.17) is 21.1 Å². The van der Waals surface area contributed by atoms with Gasteiger partial charge in [-0.15, -0.1) is 0 Å². The highest BCUT2D eigenvalue weighted by atomic mass is 35.5. The summed E-state index contributed by atoms with van der Waals surface area (Å²) >= 11 is 5.11. The molecule has 1 aliphatic heterocycles. The molecule has 0 spiro atoms. The zero-order valence-electron chi connectivity index (χ0n) is 6.32. The predicted octanol–water partition coefficient (Wildman–Crippen LogP) is 1.06. The van der Waals surface area contributed by atoms with Crippen molar-refractivity contribution in [1.82, 2.24) is 0 Å². The summed E-state index contributed by atoms with van der Waals surface area (Å²) in [4.78, 5) is 10.6. The zero-order chi connectivity index (χ0) is 8.81. The van der Waals surface area contributed by atoms with Crippen LogP contribution in [0.5, 0.6) is 0 Å². The molecule has 5 nitrogen and oxygen atoms in total. The molecule has 0 bridgehead atoms. The topological polar surface area (TPSA) is 54.0 Å². The molecule has 1 heterocycles. The fourth-order valence-electron chi connectivity index (χ4n) is 0.691. The number of carbonyl (C=O) groups is 1. The summed E-state index contributed by atoms with van der Waals surface area (Å²) < 4.78 is 18.6. The maximum absolute atomic E-state index is 10.6. The summed E-state index contributed by atoms with van der Waals surface area (Å²) in [6.07, 6.45) is -0.0957.